The minimum Gasteiger partial charge on any atom is -0.478 e. The number of anilines is 1. The first kappa shape index (κ1) is 11.8. The summed E-state index contributed by atoms with van der Waals surface area (Å²) in [4.78, 5) is 27.0. The molecule has 1 aromatic heterocycles. The lowest BCUT2D eigenvalue weighted by Crippen LogP contribution is -2.11. The molecule has 2 rings (SSSR count). The smallest absolute Gasteiger partial charge is 0.337 e. The topological polar surface area (TPSA) is 93.3 Å². The van der Waals surface area contributed by atoms with Crippen molar-refractivity contribution >= 4 is 17.4 Å². The van der Waals surface area contributed by atoms with Gasteiger partial charge >= 0.3 is 5.97 Å². The fraction of sp³-hybridized carbons (Fsp3) is 0. The Labute approximate surface area is 103 Å². The zero-order chi connectivity index (χ0) is 13.1. The molecule has 18 heavy (non-hydrogen) atoms. The third-order valence-corrected chi connectivity index (χ3v) is 2.48. The van der Waals surface area contributed by atoms with E-state index in [1.807, 2.05) is 0 Å². The predicted octanol–water partition coefficient (Wildman–Crippen LogP) is 1.59. The van der Waals surface area contributed by atoms with Crippen LogP contribution in [0.4, 0.5) is 5.69 Å². The number of hydrogen-bond acceptors (Lipinski definition) is 4. The molecule has 1 aromatic carbocycles. The minimum absolute atomic E-state index is 0.0411. The molecule has 0 unspecified atom stereocenters. The van der Waals surface area contributed by atoms with Gasteiger partial charge in [0.15, 0.2) is 0 Å². The average molecular weight is 242 g/mol. The molecule has 0 aliphatic carbocycles. The number of nitrogen functional groups attached to an aromatic ring is 1. The number of rotatable bonds is 3. The highest BCUT2D eigenvalue weighted by Gasteiger charge is 2.17. The highest BCUT2D eigenvalue weighted by Crippen LogP contribution is 2.20. The summed E-state index contributed by atoms with van der Waals surface area (Å²) >= 11 is 0. The van der Waals surface area contributed by atoms with E-state index in [4.69, 9.17) is 10.8 Å². The van der Waals surface area contributed by atoms with Crippen LogP contribution in [-0.4, -0.2) is 21.8 Å². The molecule has 0 bridgehead atoms. The van der Waals surface area contributed by atoms with Crippen LogP contribution in [0.5, 0.6) is 0 Å². The molecule has 0 aliphatic heterocycles. The van der Waals surface area contributed by atoms with Crippen molar-refractivity contribution in [3.05, 3.63) is 59.4 Å². The highest BCUT2D eigenvalue weighted by atomic mass is 16.4. The van der Waals surface area contributed by atoms with Gasteiger partial charge in [0.05, 0.1) is 11.3 Å². The molecular weight excluding hydrogens is 232 g/mol. The molecule has 0 atom stereocenters. The molecule has 3 N–H and O–H groups in total. The highest BCUT2D eigenvalue weighted by molar-refractivity contribution is 6.13. The van der Waals surface area contributed by atoms with E-state index >= 15 is 0 Å². The molecule has 90 valence electrons. The molecular formula is C13H10N2O3. The number of carbonyl (C=O) groups excluding carboxylic acids is 1. The van der Waals surface area contributed by atoms with Crippen LogP contribution in [0.1, 0.15) is 26.4 Å². The van der Waals surface area contributed by atoms with Gasteiger partial charge in [0, 0.05) is 11.8 Å². The van der Waals surface area contributed by atoms with E-state index in [1.165, 1.54) is 24.4 Å². The number of nitrogens with zero attached hydrogens (tertiary/aromatic N) is 1. The van der Waals surface area contributed by atoms with E-state index in [0.717, 1.165) is 0 Å². The lowest BCUT2D eigenvalue weighted by atomic mass is 10.0. The Morgan fingerprint density at radius 2 is 1.78 bits per heavy atom. The van der Waals surface area contributed by atoms with Crippen molar-refractivity contribution in [3.8, 4) is 0 Å². The maximum absolute atomic E-state index is 12.1. The molecule has 2 aromatic rings. The maximum Gasteiger partial charge on any atom is 0.337 e. The summed E-state index contributed by atoms with van der Waals surface area (Å²) in [7, 11) is 0. The molecule has 0 fully saturated rings. The zero-order valence-corrected chi connectivity index (χ0v) is 9.33. The fourth-order valence-electron chi connectivity index (χ4n) is 1.58. The number of carboxylic acids is 1. The number of para-hydroxylation sites is 1. The molecule has 5 nitrogen and oxygen atoms in total. The summed E-state index contributed by atoms with van der Waals surface area (Å²) in [6.07, 6.45) is 1.49. The lowest BCUT2D eigenvalue weighted by Gasteiger charge is -2.06. The van der Waals surface area contributed by atoms with Crippen LogP contribution in [0.25, 0.3) is 0 Å². The van der Waals surface area contributed by atoms with E-state index in [1.54, 1.807) is 18.2 Å². The Hall–Kier alpha value is -2.69. The van der Waals surface area contributed by atoms with E-state index in [0.29, 0.717) is 0 Å². The van der Waals surface area contributed by atoms with Crippen LogP contribution in [0.2, 0.25) is 0 Å². The molecule has 0 radical (unpaired) electrons. The Balaban J connectivity index is 2.50. The first-order chi connectivity index (χ1) is 8.61. The van der Waals surface area contributed by atoms with Crippen molar-refractivity contribution in [2.45, 2.75) is 0 Å². The van der Waals surface area contributed by atoms with Crippen molar-refractivity contribution in [2.24, 2.45) is 0 Å². The van der Waals surface area contributed by atoms with Gasteiger partial charge in [-0.3, -0.25) is 9.78 Å². The minimum atomic E-state index is -1.16. The van der Waals surface area contributed by atoms with Gasteiger partial charge in [-0.15, -0.1) is 0 Å². The number of carbonyl (C=O) groups is 2. The van der Waals surface area contributed by atoms with Gasteiger partial charge in [-0.2, -0.15) is 0 Å². The number of ketones is 1. The van der Waals surface area contributed by atoms with Crippen LogP contribution < -0.4 is 5.73 Å². The van der Waals surface area contributed by atoms with Gasteiger partial charge < -0.3 is 10.8 Å². The standard InChI is InChI=1S/C13H10N2O3/c14-11-8(4-3-5-9(11)13(17)18)12(16)10-6-1-2-7-15-10/h1-7H,14H2,(H,17,18). The van der Waals surface area contributed by atoms with E-state index in [9.17, 15) is 9.59 Å². The van der Waals surface area contributed by atoms with Crippen molar-refractivity contribution in [3.63, 3.8) is 0 Å². The van der Waals surface area contributed by atoms with Gasteiger partial charge in [-0.1, -0.05) is 12.1 Å². The van der Waals surface area contributed by atoms with Gasteiger partial charge in [-0.25, -0.2) is 4.79 Å². The maximum atomic E-state index is 12.1. The second kappa shape index (κ2) is 4.67. The van der Waals surface area contributed by atoms with Gasteiger partial charge in [0.1, 0.15) is 5.69 Å². The monoisotopic (exact) mass is 242 g/mol. The number of aromatic nitrogens is 1. The molecule has 0 spiro atoms. The SMILES string of the molecule is Nc1c(C(=O)O)cccc1C(=O)c1ccccn1. The van der Waals surface area contributed by atoms with Crippen LogP contribution in [0.15, 0.2) is 42.6 Å². The number of nitrogens with two attached hydrogens (primary N) is 1. The molecule has 0 amide bonds. The molecule has 5 heteroatoms. The molecule has 0 aliphatic rings. The fourth-order valence-corrected chi connectivity index (χ4v) is 1.58. The quantitative estimate of drug-likeness (QED) is 0.629. The third-order valence-electron chi connectivity index (χ3n) is 2.48. The van der Waals surface area contributed by atoms with Crippen molar-refractivity contribution in [1.29, 1.82) is 0 Å². The Morgan fingerprint density at radius 1 is 1.06 bits per heavy atom. The second-order valence-corrected chi connectivity index (χ2v) is 3.62. The predicted molar refractivity (Wildman–Crippen MR) is 65.5 cm³/mol. The van der Waals surface area contributed by atoms with Crippen molar-refractivity contribution in [2.75, 3.05) is 5.73 Å². The van der Waals surface area contributed by atoms with E-state index < -0.39 is 11.8 Å². The first-order valence-electron chi connectivity index (χ1n) is 5.19. The second-order valence-electron chi connectivity index (χ2n) is 3.62. The number of aromatic carboxylic acids is 1. The number of benzene rings is 1. The Bertz CT molecular complexity index is 609. The largest absolute Gasteiger partial charge is 0.478 e. The number of carboxylic acid groups (broad SMARTS) is 1. The van der Waals surface area contributed by atoms with Crippen molar-refractivity contribution < 1.29 is 14.7 Å². The Morgan fingerprint density at radius 3 is 2.39 bits per heavy atom. The Kier molecular flexibility index (Phi) is 3.05. The summed E-state index contributed by atoms with van der Waals surface area (Å²) in [5.74, 6) is -1.56. The average Bonchev–Trinajstić information content (AvgIpc) is 2.39. The normalized spacial score (nSPS) is 10.0. The van der Waals surface area contributed by atoms with Gasteiger partial charge in [0.25, 0.3) is 0 Å². The summed E-state index contributed by atoms with van der Waals surface area (Å²) in [6.45, 7) is 0. The van der Waals surface area contributed by atoms with Crippen LogP contribution in [0, 0.1) is 0 Å². The number of pyridine rings is 1. The van der Waals surface area contributed by atoms with Crippen LogP contribution >= 0.6 is 0 Å². The van der Waals surface area contributed by atoms with E-state index in [-0.39, 0.29) is 22.5 Å². The van der Waals surface area contributed by atoms with Crippen LogP contribution in [0.3, 0.4) is 0 Å². The molecule has 1 heterocycles. The summed E-state index contributed by atoms with van der Waals surface area (Å²) in [6, 6.07) is 9.24. The van der Waals surface area contributed by atoms with Gasteiger partial charge in [0.2, 0.25) is 5.78 Å². The first-order valence-corrected chi connectivity index (χ1v) is 5.19. The summed E-state index contributed by atoms with van der Waals surface area (Å²) < 4.78 is 0. The van der Waals surface area contributed by atoms with Crippen LogP contribution in [-0.2, 0) is 0 Å². The molecule has 0 saturated heterocycles. The third kappa shape index (κ3) is 2.06. The van der Waals surface area contributed by atoms with E-state index in [2.05, 4.69) is 4.98 Å². The summed E-state index contributed by atoms with van der Waals surface area (Å²) in [5.41, 5.74) is 5.94. The number of hydrogen-bond donors (Lipinski definition) is 2. The lowest BCUT2D eigenvalue weighted by molar-refractivity contribution is 0.0698. The zero-order valence-electron chi connectivity index (χ0n) is 9.33. The molecule has 0 saturated carbocycles. The van der Waals surface area contributed by atoms with Crippen molar-refractivity contribution in [1.82, 2.24) is 4.98 Å². The summed E-state index contributed by atoms with van der Waals surface area (Å²) in [5, 5.41) is 8.94. The van der Waals surface area contributed by atoms with Gasteiger partial charge in [-0.05, 0) is 24.3 Å².